The van der Waals surface area contributed by atoms with Gasteiger partial charge >= 0.3 is 0 Å². The molecular formula is C27H26N8O3. The topological polar surface area (TPSA) is 126 Å². The van der Waals surface area contributed by atoms with Gasteiger partial charge in [0.1, 0.15) is 6.17 Å². The van der Waals surface area contributed by atoms with Crippen molar-refractivity contribution in [3.8, 4) is 0 Å². The first-order valence-corrected chi connectivity index (χ1v) is 12.4. The lowest BCUT2D eigenvalue weighted by Crippen LogP contribution is -2.42. The number of para-hydroxylation sites is 1. The Kier molecular flexibility index (Phi) is 6.51. The van der Waals surface area contributed by atoms with E-state index in [4.69, 9.17) is 14.7 Å². The number of rotatable bonds is 7. The Hall–Kier alpha value is -4.61. The molecule has 2 saturated heterocycles. The molecule has 0 spiro atoms. The lowest BCUT2D eigenvalue weighted by atomic mass is 10.1. The van der Waals surface area contributed by atoms with Gasteiger partial charge in [-0.25, -0.2) is 0 Å². The molecule has 2 aromatic carbocycles. The molecule has 4 aromatic rings. The first-order chi connectivity index (χ1) is 18.6. The van der Waals surface area contributed by atoms with Crippen LogP contribution < -0.4 is 16.0 Å². The Morgan fingerprint density at radius 2 is 1.71 bits per heavy atom. The number of morpholine rings is 1. The summed E-state index contributed by atoms with van der Waals surface area (Å²) in [5.41, 5.74) is 3.38. The molecule has 0 saturated carbocycles. The van der Waals surface area contributed by atoms with E-state index in [-0.39, 0.29) is 18.5 Å². The van der Waals surface area contributed by atoms with E-state index in [1.807, 2.05) is 48.5 Å². The van der Waals surface area contributed by atoms with E-state index >= 15 is 0 Å². The molecule has 38 heavy (non-hydrogen) atoms. The third-order valence-electron chi connectivity index (χ3n) is 6.44. The van der Waals surface area contributed by atoms with Gasteiger partial charge in [0.25, 0.3) is 5.91 Å². The van der Waals surface area contributed by atoms with Crippen molar-refractivity contribution in [2.75, 3.05) is 36.9 Å². The Labute approximate surface area is 218 Å². The number of ether oxygens (including phenoxy) is 1. The van der Waals surface area contributed by atoms with E-state index in [1.165, 1.54) is 0 Å². The molecule has 3 N–H and O–H groups in total. The lowest BCUT2D eigenvalue weighted by Gasteiger charge is -2.35. The van der Waals surface area contributed by atoms with Crippen LogP contribution in [0.3, 0.4) is 0 Å². The summed E-state index contributed by atoms with van der Waals surface area (Å²) in [5, 5.41) is 13.6. The number of benzene rings is 2. The van der Waals surface area contributed by atoms with Crippen molar-refractivity contribution >= 4 is 41.1 Å². The third-order valence-corrected chi connectivity index (χ3v) is 6.44. The average molecular weight is 511 g/mol. The summed E-state index contributed by atoms with van der Waals surface area (Å²) in [7, 11) is 0. The summed E-state index contributed by atoms with van der Waals surface area (Å²) in [4.78, 5) is 35.8. The highest BCUT2D eigenvalue weighted by molar-refractivity contribution is 6.15. The fraction of sp³-hybridized carbons (Fsp3) is 0.222. The number of carbonyl (C=O) groups is 2. The zero-order chi connectivity index (χ0) is 25.9. The maximum atomic E-state index is 12.2. The molecule has 6 rings (SSSR count). The number of hydrogen-bond donors (Lipinski definition) is 3. The monoisotopic (exact) mass is 510 g/mol. The van der Waals surface area contributed by atoms with Gasteiger partial charge in [0, 0.05) is 29.9 Å². The molecule has 2 fully saturated rings. The number of carbonyl (C=O) groups excluding carboxylic acids is 2. The van der Waals surface area contributed by atoms with Crippen molar-refractivity contribution in [1.29, 1.82) is 0 Å². The second-order valence-corrected chi connectivity index (χ2v) is 9.03. The molecule has 11 heteroatoms. The van der Waals surface area contributed by atoms with Gasteiger partial charge in [0.2, 0.25) is 17.8 Å². The molecule has 1 unspecified atom stereocenters. The molecule has 2 amide bonds. The smallest absolute Gasteiger partial charge is 0.254 e. The van der Waals surface area contributed by atoms with E-state index in [9.17, 15) is 9.59 Å². The molecule has 0 bridgehead atoms. The van der Waals surface area contributed by atoms with Gasteiger partial charge in [-0.15, -0.1) is 0 Å². The zero-order valence-electron chi connectivity index (χ0n) is 20.5. The Morgan fingerprint density at radius 3 is 2.42 bits per heavy atom. The number of nitrogens with one attached hydrogen (secondary N) is 3. The molecule has 2 aliphatic heterocycles. The van der Waals surface area contributed by atoms with Gasteiger partial charge in [-0.3, -0.25) is 19.8 Å². The van der Waals surface area contributed by atoms with E-state index in [0.29, 0.717) is 41.9 Å². The van der Waals surface area contributed by atoms with Crippen LogP contribution in [-0.4, -0.2) is 62.6 Å². The van der Waals surface area contributed by atoms with Crippen LogP contribution in [0.4, 0.5) is 17.6 Å². The summed E-state index contributed by atoms with van der Waals surface area (Å²) in [6.45, 7) is 2.81. The van der Waals surface area contributed by atoms with Gasteiger partial charge in [-0.1, -0.05) is 48.5 Å². The summed E-state index contributed by atoms with van der Waals surface area (Å²) in [5.74, 6) is 0.121. The molecule has 2 aliphatic rings. The van der Waals surface area contributed by atoms with Crippen LogP contribution in [0.2, 0.25) is 0 Å². The summed E-state index contributed by atoms with van der Waals surface area (Å²) >= 11 is 0. The fourth-order valence-electron chi connectivity index (χ4n) is 4.58. The molecule has 1 atom stereocenters. The van der Waals surface area contributed by atoms with Crippen LogP contribution >= 0.6 is 0 Å². The predicted molar refractivity (Wildman–Crippen MR) is 141 cm³/mol. The number of amides is 2. The van der Waals surface area contributed by atoms with Crippen molar-refractivity contribution in [2.24, 2.45) is 0 Å². The highest BCUT2D eigenvalue weighted by atomic mass is 16.5. The minimum atomic E-state index is -0.402. The third kappa shape index (κ3) is 4.97. The van der Waals surface area contributed by atoms with Gasteiger partial charge in [-0.2, -0.15) is 19.6 Å². The molecule has 192 valence electrons. The Bertz CT molecular complexity index is 1500. The number of anilines is 3. The van der Waals surface area contributed by atoms with E-state index < -0.39 is 5.91 Å². The average Bonchev–Trinajstić information content (AvgIpc) is 3.50. The minimum absolute atomic E-state index is 0.0224. The number of fused-ring (bicyclic) bond motifs is 1. The van der Waals surface area contributed by atoms with Crippen LogP contribution in [-0.2, 0) is 14.3 Å². The molecular weight excluding hydrogens is 484 g/mol. The van der Waals surface area contributed by atoms with Crippen LogP contribution in [0.5, 0.6) is 0 Å². The van der Waals surface area contributed by atoms with Crippen molar-refractivity contribution in [3.63, 3.8) is 0 Å². The largest absolute Gasteiger partial charge is 0.379 e. The number of nitrogens with zero attached hydrogens (tertiary/aromatic N) is 5. The van der Waals surface area contributed by atoms with Crippen molar-refractivity contribution in [3.05, 3.63) is 83.6 Å². The van der Waals surface area contributed by atoms with Gasteiger partial charge < -0.3 is 15.4 Å². The number of hydrogen-bond acceptors (Lipinski definition) is 9. The second-order valence-electron chi connectivity index (χ2n) is 9.03. The highest BCUT2D eigenvalue weighted by Gasteiger charge is 2.26. The van der Waals surface area contributed by atoms with E-state index in [1.54, 1.807) is 16.8 Å². The van der Waals surface area contributed by atoms with E-state index in [2.05, 4.69) is 38.1 Å². The quantitative estimate of drug-likeness (QED) is 0.254. The van der Waals surface area contributed by atoms with Crippen molar-refractivity contribution < 1.29 is 14.3 Å². The second kappa shape index (κ2) is 10.4. The molecule has 0 radical (unpaired) electrons. The predicted octanol–water partition coefficient (Wildman–Crippen LogP) is 2.74. The van der Waals surface area contributed by atoms with Gasteiger partial charge in [0.15, 0.2) is 5.65 Å². The molecule has 11 nitrogen and oxygen atoms in total. The van der Waals surface area contributed by atoms with Gasteiger partial charge in [0.05, 0.1) is 25.8 Å². The highest BCUT2D eigenvalue weighted by Crippen LogP contribution is 2.26. The summed E-state index contributed by atoms with van der Waals surface area (Å²) < 4.78 is 7.17. The normalized spacial score (nSPS) is 18.1. The van der Waals surface area contributed by atoms with Crippen LogP contribution in [0, 0.1) is 0 Å². The zero-order valence-corrected chi connectivity index (χ0v) is 20.5. The first kappa shape index (κ1) is 23.8. The first-order valence-electron chi connectivity index (χ1n) is 12.4. The van der Waals surface area contributed by atoms with Crippen LogP contribution in [0.25, 0.3) is 11.7 Å². The maximum Gasteiger partial charge on any atom is 0.254 e. The molecule has 4 heterocycles. The van der Waals surface area contributed by atoms with Crippen molar-refractivity contribution in [2.45, 2.75) is 12.6 Å². The van der Waals surface area contributed by atoms with Crippen LogP contribution in [0.1, 0.15) is 23.7 Å². The Morgan fingerprint density at radius 1 is 0.974 bits per heavy atom. The Balaban J connectivity index is 1.43. The lowest BCUT2D eigenvalue weighted by molar-refractivity contribution is -0.124. The van der Waals surface area contributed by atoms with E-state index in [0.717, 1.165) is 24.3 Å². The molecule has 0 aliphatic carbocycles. The van der Waals surface area contributed by atoms with Crippen LogP contribution in [0.15, 0.2) is 72.4 Å². The minimum Gasteiger partial charge on any atom is -0.379 e. The molecule has 2 aromatic heterocycles. The van der Waals surface area contributed by atoms with Crippen molar-refractivity contribution in [1.82, 2.24) is 29.8 Å². The SMILES string of the molecule is O=C1CC(=Cc2cnn3c(Nc4ccccc4)nc(NC(c4ccccc4)N4CCOCC4)nc23)C(=O)N1. The number of imide groups is 1. The summed E-state index contributed by atoms with van der Waals surface area (Å²) in [6, 6.07) is 19.8. The maximum absolute atomic E-state index is 12.2. The fourth-order valence-corrected chi connectivity index (χ4v) is 4.58. The number of aromatic nitrogens is 4. The standard InChI is InChI=1S/C27H26N8O3/c36-22-16-19(25(37)30-22)15-20-17-28-35-24(20)32-26(33-27(35)29-21-9-5-2-6-10-21)31-23(18-7-3-1-4-8-18)34-11-13-38-14-12-34/h1-10,15,17,23H,11-14,16H2,(H,30,36,37)(H2,29,31,32,33). The summed E-state index contributed by atoms with van der Waals surface area (Å²) in [6.07, 6.45) is 3.11. The van der Waals surface area contributed by atoms with Gasteiger partial charge in [-0.05, 0) is 23.8 Å².